The van der Waals surface area contributed by atoms with Crippen molar-refractivity contribution in [1.82, 2.24) is 5.32 Å². The number of aromatic carboxylic acids is 1. The number of anilines is 1. The molecule has 3 rings (SSSR count). The monoisotopic (exact) mass is 260 g/mol. The van der Waals surface area contributed by atoms with Gasteiger partial charge >= 0.3 is 5.97 Å². The van der Waals surface area contributed by atoms with Crippen molar-refractivity contribution in [2.75, 3.05) is 18.0 Å². The van der Waals surface area contributed by atoms with Gasteiger partial charge in [0, 0.05) is 18.8 Å². The number of hydrogen-bond acceptors (Lipinski definition) is 4. The number of nitrogens with zero attached hydrogens (tertiary/aromatic N) is 1. The van der Waals surface area contributed by atoms with E-state index in [2.05, 4.69) is 5.32 Å². The molecule has 0 unspecified atom stereocenters. The Bertz CT molecular complexity index is 562. The van der Waals surface area contributed by atoms with Gasteiger partial charge in [-0.15, -0.1) is 0 Å². The predicted molar refractivity (Wildman–Crippen MR) is 65.7 cm³/mol. The number of benzene rings is 1. The number of hydrogen-bond donors (Lipinski definition) is 2. The zero-order valence-electron chi connectivity index (χ0n) is 10.00. The molecule has 2 fully saturated rings. The van der Waals surface area contributed by atoms with Crippen molar-refractivity contribution in [3.8, 4) is 0 Å². The fourth-order valence-electron chi connectivity index (χ4n) is 2.69. The van der Waals surface area contributed by atoms with Crippen LogP contribution in [0.3, 0.4) is 0 Å². The van der Waals surface area contributed by atoms with Crippen molar-refractivity contribution in [3.63, 3.8) is 0 Å². The molecule has 0 spiro atoms. The lowest BCUT2D eigenvalue weighted by atomic mass is 10.00. The van der Waals surface area contributed by atoms with Crippen LogP contribution in [0.5, 0.6) is 0 Å². The molecule has 1 aromatic carbocycles. The summed E-state index contributed by atoms with van der Waals surface area (Å²) in [5, 5.41) is 11.3. The van der Waals surface area contributed by atoms with Crippen molar-refractivity contribution >= 4 is 23.5 Å². The molecule has 2 amide bonds. The van der Waals surface area contributed by atoms with Gasteiger partial charge in [0.15, 0.2) is 0 Å². The molecule has 6 nitrogen and oxygen atoms in total. The zero-order chi connectivity index (χ0) is 13.6. The summed E-state index contributed by atoms with van der Waals surface area (Å²) in [6, 6.07) is 6.52. The number of nitrogens with one attached hydrogen (secondary N) is 1. The summed E-state index contributed by atoms with van der Waals surface area (Å²) in [5.74, 6) is -2.09. The van der Waals surface area contributed by atoms with Crippen molar-refractivity contribution in [1.29, 1.82) is 0 Å². The molecule has 0 radical (unpaired) electrons. The fraction of sp³-hybridized carbons (Fsp3) is 0.308. The van der Waals surface area contributed by atoms with E-state index in [-0.39, 0.29) is 29.2 Å². The van der Waals surface area contributed by atoms with Crippen LogP contribution in [0.2, 0.25) is 0 Å². The number of fused-ring (bicyclic) bond motifs is 1. The molecular formula is C13H12N2O4. The first-order chi connectivity index (χ1) is 9.06. The van der Waals surface area contributed by atoms with Gasteiger partial charge in [0.25, 0.3) is 0 Å². The first-order valence-corrected chi connectivity index (χ1v) is 5.99. The maximum Gasteiger partial charge on any atom is 0.335 e. The predicted octanol–water partition coefficient (Wildman–Crippen LogP) is 0.0936. The quantitative estimate of drug-likeness (QED) is 0.736. The van der Waals surface area contributed by atoms with Crippen LogP contribution in [-0.4, -0.2) is 36.0 Å². The van der Waals surface area contributed by atoms with E-state index in [1.807, 2.05) is 4.90 Å². The van der Waals surface area contributed by atoms with Gasteiger partial charge in [-0.25, -0.2) is 4.79 Å². The first kappa shape index (κ1) is 11.7. The summed E-state index contributed by atoms with van der Waals surface area (Å²) < 4.78 is 0. The van der Waals surface area contributed by atoms with Gasteiger partial charge in [0.2, 0.25) is 11.8 Å². The van der Waals surface area contributed by atoms with E-state index < -0.39 is 5.97 Å². The number of carboxylic acids is 1. The lowest BCUT2D eigenvalue weighted by Crippen LogP contribution is -2.31. The summed E-state index contributed by atoms with van der Waals surface area (Å²) in [4.78, 5) is 35.9. The van der Waals surface area contributed by atoms with Crippen molar-refractivity contribution in [2.45, 2.75) is 0 Å². The fourth-order valence-corrected chi connectivity index (χ4v) is 2.69. The molecule has 2 heterocycles. The molecule has 2 N–H and O–H groups in total. The summed E-state index contributed by atoms with van der Waals surface area (Å²) >= 11 is 0. The second-order valence-corrected chi connectivity index (χ2v) is 4.83. The molecule has 6 heteroatoms. The standard InChI is InChI=1S/C13H12N2O4/c16-11-9-5-15(6-10(9)12(17)14-11)8-3-1-2-7(4-8)13(18)19/h1-4,9-10H,5-6H2,(H,18,19)(H,14,16,17)/t9-,10+. The zero-order valence-corrected chi connectivity index (χ0v) is 10.00. The Labute approximate surface area is 109 Å². The third kappa shape index (κ3) is 1.85. The Balaban J connectivity index is 1.86. The van der Waals surface area contributed by atoms with Crippen LogP contribution >= 0.6 is 0 Å². The van der Waals surface area contributed by atoms with Crippen LogP contribution in [0.15, 0.2) is 24.3 Å². The van der Waals surface area contributed by atoms with Gasteiger partial charge in [-0.05, 0) is 18.2 Å². The molecule has 0 aromatic heterocycles. The lowest BCUT2D eigenvalue weighted by molar-refractivity contribution is -0.126. The smallest absolute Gasteiger partial charge is 0.335 e. The second-order valence-electron chi connectivity index (χ2n) is 4.83. The molecule has 0 saturated carbocycles. The summed E-state index contributed by atoms with van der Waals surface area (Å²) in [5.41, 5.74) is 0.931. The highest BCUT2D eigenvalue weighted by Crippen LogP contribution is 2.32. The molecule has 0 bridgehead atoms. The lowest BCUT2D eigenvalue weighted by Gasteiger charge is -2.19. The maximum absolute atomic E-state index is 11.6. The van der Waals surface area contributed by atoms with Crippen LogP contribution in [0.25, 0.3) is 0 Å². The van der Waals surface area contributed by atoms with Crippen LogP contribution in [-0.2, 0) is 9.59 Å². The molecule has 19 heavy (non-hydrogen) atoms. The van der Waals surface area contributed by atoms with Gasteiger partial charge < -0.3 is 10.0 Å². The van der Waals surface area contributed by atoms with Crippen molar-refractivity contribution in [3.05, 3.63) is 29.8 Å². The number of rotatable bonds is 2. The number of carbonyl (C=O) groups is 3. The molecule has 2 saturated heterocycles. The molecule has 2 atom stereocenters. The Morgan fingerprint density at radius 2 is 1.84 bits per heavy atom. The highest BCUT2D eigenvalue weighted by atomic mass is 16.4. The van der Waals surface area contributed by atoms with Crippen molar-refractivity contribution < 1.29 is 19.5 Å². The maximum atomic E-state index is 11.6. The largest absolute Gasteiger partial charge is 0.478 e. The minimum Gasteiger partial charge on any atom is -0.478 e. The normalized spacial score (nSPS) is 25.4. The average molecular weight is 260 g/mol. The van der Waals surface area contributed by atoms with E-state index in [1.165, 1.54) is 6.07 Å². The Hall–Kier alpha value is -2.37. The van der Waals surface area contributed by atoms with Crippen LogP contribution in [0.1, 0.15) is 10.4 Å². The van der Waals surface area contributed by atoms with Crippen LogP contribution in [0, 0.1) is 11.8 Å². The highest BCUT2D eigenvalue weighted by Gasteiger charge is 2.47. The SMILES string of the molecule is O=C(O)c1cccc(N2C[C@@H]3C(=O)NC(=O)[C@@H]3C2)c1. The summed E-state index contributed by atoms with van der Waals surface area (Å²) in [6.07, 6.45) is 0. The van der Waals surface area contributed by atoms with E-state index in [1.54, 1.807) is 18.2 Å². The van der Waals surface area contributed by atoms with Crippen LogP contribution in [0.4, 0.5) is 5.69 Å². The Morgan fingerprint density at radius 3 is 2.42 bits per heavy atom. The highest BCUT2D eigenvalue weighted by molar-refractivity contribution is 6.06. The van der Waals surface area contributed by atoms with Gasteiger partial charge in [0.05, 0.1) is 17.4 Å². The number of carbonyl (C=O) groups excluding carboxylic acids is 2. The van der Waals surface area contributed by atoms with Crippen molar-refractivity contribution in [2.24, 2.45) is 11.8 Å². The molecule has 98 valence electrons. The topological polar surface area (TPSA) is 86.7 Å². The number of carboxylic acid groups (broad SMARTS) is 1. The van der Waals surface area contributed by atoms with E-state index in [9.17, 15) is 14.4 Å². The van der Waals surface area contributed by atoms with E-state index in [0.29, 0.717) is 13.1 Å². The van der Waals surface area contributed by atoms with Gasteiger partial charge in [0.1, 0.15) is 0 Å². The average Bonchev–Trinajstić information content (AvgIpc) is 2.93. The molecule has 0 aliphatic carbocycles. The number of amides is 2. The van der Waals surface area contributed by atoms with E-state index >= 15 is 0 Å². The van der Waals surface area contributed by atoms with E-state index in [4.69, 9.17) is 5.11 Å². The Kier molecular flexibility index (Phi) is 2.51. The Morgan fingerprint density at radius 1 is 1.21 bits per heavy atom. The third-order valence-corrected chi connectivity index (χ3v) is 3.70. The minimum absolute atomic E-state index is 0.199. The van der Waals surface area contributed by atoms with E-state index in [0.717, 1.165) is 5.69 Å². The second kappa shape index (κ2) is 4.08. The number of imide groups is 1. The van der Waals surface area contributed by atoms with Gasteiger partial charge in [-0.2, -0.15) is 0 Å². The molecular weight excluding hydrogens is 248 g/mol. The first-order valence-electron chi connectivity index (χ1n) is 5.99. The van der Waals surface area contributed by atoms with Crippen LogP contribution < -0.4 is 10.2 Å². The summed E-state index contributed by atoms with van der Waals surface area (Å²) in [7, 11) is 0. The molecule has 2 aliphatic heterocycles. The van der Waals surface area contributed by atoms with Gasteiger partial charge in [-0.1, -0.05) is 6.07 Å². The molecule has 1 aromatic rings. The summed E-state index contributed by atoms with van der Waals surface area (Å²) in [6.45, 7) is 0.899. The molecule has 2 aliphatic rings. The third-order valence-electron chi connectivity index (χ3n) is 3.70. The minimum atomic E-state index is -0.991. The van der Waals surface area contributed by atoms with Gasteiger partial charge in [-0.3, -0.25) is 14.9 Å².